The first-order chi connectivity index (χ1) is 11.9. The van der Waals surface area contributed by atoms with E-state index in [0.29, 0.717) is 5.56 Å². The van der Waals surface area contributed by atoms with E-state index < -0.39 is 11.5 Å². The van der Waals surface area contributed by atoms with Crippen LogP contribution in [-0.4, -0.2) is 21.7 Å². The summed E-state index contributed by atoms with van der Waals surface area (Å²) in [6, 6.07) is 13.7. The largest absolute Gasteiger partial charge is 0.504 e. The molecule has 6 nitrogen and oxygen atoms in total. The molecule has 0 saturated carbocycles. The molecule has 0 amide bonds. The second kappa shape index (κ2) is 9.66. The molecule has 2 rings (SSSR count). The third-order valence-electron chi connectivity index (χ3n) is 3.58. The number of hydrogen-bond donors (Lipinski definition) is 4. The third-order valence-corrected chi connectivity index (χ3v) is 3.58. The van der Waals surface area contributed by atoms with Gasteiger partial charge in [-0.05, 0) is 30.2 Å². The number of nitrogens with two attached hydrogens (primary N) is 1. The van der Waals surface area contributed by atoms with Gasteiger partial charge in [0.05, 0.1) is 0 Å². The first kappa shape index (κ1) is 20.5. The minimum absolute atomic E-state index is 0.151. The van der Waals surface area contributed by atoms with E-state index in [9.17, 15) is 15.0 Å². The fourth-order valence-electron chi connectivity index (χ4n) is 2.15. The van der Waals surface area contributed by atoms with Gasteiger partial charge in [0, 0.05) is 6.42 Å². The highest BCUT2D eigenvalue weighted by molar-refractivity contribution is 5.80. The van der Waals surface area contributed by atoms with Crippen LogP contribution >= 0.6 is 0 Å². The van der Waals surface area contributed by atoms with Crippen LogP contribution in [0.15, 0.2) is 48.5 Å². The molecule has 2 aromatic rings. The van der Waals surface area contributed by atoms with Crippen molar-refractivity contribution in [2.24, 2.45) is 5.84 Å². The van der Waals surface area contributed by atoms with Crippen LogP contribution in [0.4, 0.5) is 0 Å². The quantitative estimate of drug-likeness (QED) is 0.277. The normalized spacial score (nSPS) is 12.5. The van der Waals surface area contributed by atoms with E-state index >= 15 is 0 Å². The molecule has 0 heterocycles. The van der Waals surface area contributed by atoms with Crippen molar-refractivity contribution in [2.45, 2.75) is 39.3 Å². The van der Waals surface area contributed by atoms with Gasteiger partial charge >= 0.3 is 5.97 Å². The van der Waals surface area contributed by atoms with Gasteiger partial charge in [-0.15, -0.1) is 0 Å². The Balaban J connectivity index is 0.00000151. The van der Waals surface area contributed by atoms with Gasteiger partial charge in [-0.2, -0.15) is 0 Å². The topological polar surface area (TPSA) is 105 Å². The minimum atomic E-state index is -1.15. The van der Waals surface area contributed by atoms with Crippen LogP contribution in [0.25, 0.3) is 0 Å². The smallest absolute Gasteiger partial charge is 0.328 e. The molecule has 0 fully saturated rings. The fraction of sp³-hybridized carbons (Fsp3) is 0.316. The number of carbonyl (C=O) groups excluding carboxylic acids is 1. The molecule has 0 bridgehead atoms. The first-order valence-electron chi connectivity index (χ1n) is 8.14. The molecule has 0 radical (unpaired) electrons. The highest BCUT2D eigenvalue weighted by Gasteiger charge is 2.34. The lowest BCUT2D eigenvalue weighted by molar-refractivity contribution is -0.152. The van der Waals surface area contributed by atoms with E-state index in [0.717, 1.165) is 5.56 Å². The summed E-state index contributed by atoms with van der Waals surface area (Å²) in [5, 5.41) is 18.9. The average molecular weight is 346 g/mol. The third kappa shape index (κ3) is 5.77. The van der Waals surface area contributed by atoms with Crippen molar-refractivity contribution in [3.63, 3.8) is 0 Å². The first-order valence-corrected chi connectivity index (χ1v) is 8.14. The van der Waals surface area contributed by atoms with E-state index in [2.05, 4.69) is 5.43 Å². The Hall–Kier alpha value is -2.57. The maximum absolute atomic E-state index is 12.3. The molecule has 0 unspecified atom stereocenters. The molecular weight excluding hydrogens is 320 g/mol. The number of nitrogens with one attached hydrogen (secondary N) is 1. The van der Waals surface area contributed by atoms with Gasteiger partial charge in [-0.1, -0.05) is 50.2 Å². The summed E-state index contributed by atoms with van der Waals surface area (Å²) in [5.41, 5.74) is 2.84. The number of hydrogen-bond acceptors (Lipinski definition) is 6. The molecule has 0 aliphatic carbocycles. The highest BCUT2D eigenvalue weighted by Crippen LogP contribution is 2.27. The highest BCUT2D eigenvalue weighted by atomic mass is 16.5. The van der Waals surface area contributed by atoms with E-state index in [1.165, 1.54) is 12.1 Å². The predicted octanol–water partition coefficient (Wildman–Crippen LogP) is 2.63. The second-order valence-electron chi connectivity index (χ2n) is 5.54. The predicted molar refractivity (Wildman–Crippen MR) is 96.8 cm³/mol. The minimum Gasteiger partial charge on any atom is -0.504 e. The lowest BCUT2D eigenvalue weighted by Gasteiger charge is -2.26. The van der Waals surface area contributed by atoms with Crippen LogP contribution in [0.5, 0.6) is 11.5 Å². The van der Waals surface area contributed by atoms with Crippen molar-refractivity contribution in [1.29, 1.82) is 0 Å². The van der Waals surface area contributed by atoms with Crippen molar-refractivity contribution in [3.8, 4) is 11.5 Å². The molecular formula is C19H26N2O4. The van der Waals surface area contributed by atoms with Gasteiger partial charge in [-0.25, -0.2) is 10.2 Å². The Labute approximate surface area is 148 Å². The summed E-state index contributed by atoms with van der Waals surface area (Å²) < 4.78 is 5.32. The summed E-state index contributed by atoms with van der Waals surface area (Å²) in [4.78, 5) is 12.3. The molecule has 0 aliphatic rings. The summed E-state index contributed by atoms with van der Waals surface area (Å²) in [7, 11) is 0. The molecule has 1 atom stereocenters. The standard InChI is InChI=1S/C17H20N2O4.C2H6/c1-17(19-18,10-13-7-8-14(20)15(21)9-13)16(22)23-11-12-5-3-2-4-6-12;1-2/h2-9,19-21H,10-11,18H2,1H3;1-2H3/t17-;/m0./s1. The molecule has 25 heavy (non-hydrogen) atoms. The van der Waals surface area contributed by atoms with Crippen molar-refractivity contribution in [2.75, 3.05) is 0 Å². The lowest BCUT2D eigenvalue weighted by atomic mass is 9.93. The van der Waals surface area contributed by atoms with Crippen molar-refractivity contribution in [3.05, 3.63) is 59.7 Å². The Bertz CT molecular complexity index is 676. The Morgan fingerprint density at radius 2 is 1.72 bits per heavy atom. The van der Waals surface area contributed by atoms with Crippen LogP contribution in [-0.2, 0) is 22.6 Å². The number of esters is 1. The number of hydrazine groups is 1. The van der Waals surface area contributed by atoms with Gasteiger partial charge in [0.15, 0.2) is 11.5 Å². The molecule has 2 aromatic carbocycles. The zero-order chi connectivity index (χ0) is 18.9. The Morgan fingerprint density at radius 3 is 2.28 bits per heavy atom. The van der Waals surface area contributed by atoms with Crippen molar-refractivity contribution in [1.82, 2.24) is 5.43 Å². The summed E-state index contributed by atoms with van der Waals surface area (Å²) in [5.74, 6) is 4.56. The van der Waals surface area contributed by atoms with Crippen molar-refractivity contribution < 1.29 is 19.7 Å². The van der Waals surface area contributed by atoms with Crippen molar-refractivity contribution >= 4 is 5.97 Å². The van der Waals surface area contributed by atoms with E-state index in [1.54, 1.807) is 13.0 Å². The average Bonchev–Trinajstić information content (AvgIpc) is 2.65. The van der Waals surface area contributed by atoms with Gasteiger partial charge < -0.3 is 14.9 Å². The van der Waals surface area contributed by atoms with Gasteiger partial charge in [-0.3, -0.25) is 5.84 Å². The summed E-state index contributed by atoms with van der Waals surface area (Å²) >= 11 is 0. The van der Waals surface area contributed by atoms with Gasteiger partial charge in [0.2, 0.25) is 0 Å². The number of aromatic hydroxyl groups is 2. The molecule has 0 aromatic heterocycles. The summed E-state index contributed by atoms with van der Waals surface area (Å²) in [6.45, 7) is 5.77. The summed E-state index contributed by atoms with van der Waals surface area (Å²) in [6.07, 6.45) is 0.199. The van der Waals surface area contributed by atoms with E-state index in [1.807, 2.05) is 44.2 Å². The number of carbonyl (C=O) groups is 1. The number of rotatable bonds is 6. The monoisotopic (exact) mass is 346 g/mol. The SMILES string of the molecule is CC.C[C@@](Cc1ccc(O)c(O)c1)(NN)C(=O)OCc1ccccc1. The molecule has 0 saturated heterocycles. The zero-order valence-electron chi connectivity index (χ0n) is 14.8. The molecule has 136 valence electrons. The molecule has 6 heteroatoms. The van der Waals surface area contributed by atoms with E-state index in [4.69, 9.17) is 10.6 Å². The van der Waals surface area contributed by atoms with Crippen LogP contribution in [0.3, 0.4) is 0 Å². The maximum atomic E-state index is 12.3. The molecule has 5 N–H and O–H groups in total. The molecule has 0 spiro atoms. The van der Waals surface area contributed by atoms with Crippen LogP contribution in [0, 0.1) is 0 Å². The van der Waals surface area contributed by atoms with E-state index in [-0.39, 0.29) is 24.5 Å². The van der Waals surface area contributed by atoms with Gasteiger partial charge in [0.25, 0.3) is 0 Å². The fourth-order valence-corrected chi connectivity index (χ4v) is 2.15. The number of phenolic OH excluding ortho intramolecular Hbond substituents is 2. The van der Waals surface area contributed by atoms with Crippen LogP contribution in [0.2, 0.25) is 0 Å². The number of ether oxygens (including phenoxy) is 1. The zero-order valence-corrected chi connectivity index (χ0v) is 14.8. The maximum Gasteiger partial charge on any atom is 0.328 e. The Kier molecular flexibility index (Phi) is 7.91. The number of benzene rings is 2. The van der Waals surface area contributed by atoms with Gasteiger partial charge in [0.1, 0.15) is 12.1 Å². The molecule has 0 aliphatic heterocycles. The van der Waals surface area contributed by atoms with Crippen LogP contribution in [0.1, 0.15) is 31.9 Å². The number of phenols is 2. The Morgan fingerprint density at radius 1 is 1.08 bits per heavy atom. The van der Waals surface area contributed by atoms with Crippen LogP contribution < -0.4 is 11.3 Å². The lowest BCUT2D eigenvalue weighted by Crippen LogP contribution is -2.55. The second-order valence-corrected chi connectivity index (χ2v) is 5.54.